The van der Waals surface area contributed by atoms with Gasteiger partial charge in [0.25, 0.3) is 5.97 Å². The first-order valence-electron chi connectivity index (χ1n) is 4.62. The maximum atomic E-state index is 11.0. The van der Waals surface area contributed by atoms with Gasteiger partial charge in [-0.3, -0.25) is 14.4 Å². The minimum atomic E-state index is -0.622. The molecule has 0 spiro atoms. The van der Waals surface area contributed by atoms with Gasteiger partial charge in [0.05, 0.1) is 6.42 Å². The fourth-order valence-corrected chi connectivity index (χ4v) is 0.925. The van der Waals surface area contributed by atoms with E-state index in [4.69, 9.17) is 4.74 Å². The molecule has 6 heteroatoms. The molecule has 1 atom stereocenters. The SMILES string of the molecule is C.C.C[B]OC(=O)CC(C)OC(=O)CC(C)=O. The van der Waals surface area contributed by atoms with Gasteiger partial charge in [-0.15, -0.1) is 0 Å². The van der Waals surface area contributed by atoms with Gasteiger partial charge < -0.3 is 9.39 Å². The Hall–Kier alpha value is -1.33. The van der Waals surface area contributed by atoms with E-state index in [0.29, 0.717) is 0 Å². The quantitative estimate of drug-likeness (QED) is 0.405. The van der Waals surface area contributed by atoms with Crippen LogP contribution in [0.2, 0.25) is 6.82 Å². The van der Waals surface area contributed by atoms with Gasteiger partial charge in [0.1, 0.15) is 18.3 Å². The lowest BCUT2D eigenvalue weighted by atomic mass is 10.1. The van der Waals surface area contributed by atoms with E-state index in [0.717, 1.165) is 0 Å². The highest BCUT2D eigenvalue weighted by atomic mass is 16.5. The van der Waals surface area contributed by atoms with E-state index >= 15 is 0 Å². The van der Waals surface area contributed by atoms with E-state index in [1.165, 1.54) is 14.4 Å². The maximum absolute atomic E-state index is 11.0. The number of ether oxygens (including phenoxy) is 1. The van der Waals surface area contributed by atoms with Gasteiger partial charge in [-0.05, 0) is 13.8 Å². The molecule has 0 aliphatic heterocycles. The van der Waals surface area contributed by atoms with E-state index in [2.05, 4.69) is 4.65 Å². The minimum Gasteiger partial charge on any atom is -0.539 e. The lowest BCUT2D eigenvalue weighted by molar-refractivity contribution is -0.152. The third kappa shape index (κ3) is 12.6. The Bertz CT molecular complexity index is 252. The van der Waals surface area contributed by atoms with Crippen molar-refractivity contribution in [1.29, 1.82) is 0 Å². The number of hydrogen-bond donors (Lipinski definition) is 0. The molecule has 0 bridgehead atoms. The van der Waals surface area contributed by atoms with Crippen molar-refractivity contribution in [1.82, 2.24) is 0 Å². The van der Waals surface area contributed by atoms with Crippen molar-refractivity contribution in [2.75, 3.05) is 0 Å². The second kappa shape index (κ2) is 11.2. The van der Waals surface area contributed by atoms with Crippen molar-refractivity contribution in [3.8, 4) is 0 Å². The molecule has 0 saturated heterocycles. The van der Waals surface area contributed by atoms with Crippen LogP contribution in [0.3, 0.4) is 0 Å². The molecule has 17 heavy (non-hydrogen) atoms. The first kappa shape index (κ1) is 21.0. The van der Waals surface area contributed by atoms with Gasteiger partial charge in [0, 0.05) is 0 Å². The molecule has 0 fully saturated rings. The number of esters is 1. The first-order chi connectivity index (χ1) is 6.95. The van der Waals surface area contributed by atoms with Crippen molar-refractivity contribution < 1.29 is 23.8 Å². The summed E-state index contributed by atoms with van der Waals surface area (Å²) in [6.45, 7) is 4.44. The van der Waals surface area contributed by atoms with E-state index in [9.17, 15) is 14.4 Å². The second-order valence-electron chi connectivity index (χ2n) is 3.11. The van der Waals surface area contributed by atoms with Crippen LogP contribution in [0.5, 0.6) is 0 Å². The van der Waals surface area contributed by atoms with E-state index in [1.807, 2.05) is 0 Å². The number of carbonyl (C=O) groups is 3. The summed E-state index contributed by atoms with van der Waals surface area (Å²) in [5.74, 6) is -1.36. The zero-order valence-corrected chi connectivity index (χ0v) is 9.11. The van der Waals surface area contributed by atoms with Gasteiger partial charge in [-0.2, -0.15) is 0 Å². The molecule has 0 N–H and O–H groups in total. The molecule has 0 aromatic heterocycles. The Morgan fingerprint density at radius 1 is 1.18 bits per heavy atom. The summed E-state index contributed by atoms with van der Waals surface area (Å²) in [6, 6.07) is 0. The summed E-state index contributed by atoms with van der Waals surface area (Å²) in [4.78, 5) is 32.5. The van der Waals surface area contributed by atoms with Gasteiger partial charge in [-0.25, -0.2) is 0 Å². The van der Waals surface area contributed by atoms with Crippen LogP contribution in [-0.4, -0.2) is 31.3 Å². The average molecular weight is 245 g/mol. The van der Waals surface area contributed by atoms with Crippen LogP contribution in [0, 0.1) is 0 Å². The highest BCUT2D eigenvalue weighted by Gasteiger charge is 2.15. The number of Topliss-reactive ketones (excluding diaryl/α,β-unsaturated/α-hetero) is 1. The van der Waals surface area contributed by atoms with Crippen LogP contribution in [0.15, 0.2) is 0 Å². The number of hydrogen-bond acceptors (Lipinski definition) is 5. The number of ketones is 1. The van der Waals surface area contributed by atoms with Gasteiger partial charge in [0.15, 0.2) is 0 Å². The molecular formula is C11H22BO5. The smallest absolute Gasteiger partial charge is 0.370 e. The fraction of sp³-hybridized carbons (Fsp3) is 0.727. The molecule has 0 aliphatic carbocycles. The third-order valence-corrected chi connectivity index (χ3v) is 1.43. The Balaban J connectivity index is -0.000000980. The highest BCUT2D eigenvalue weighted by Crippen LogP contribution is 2.01. The van der Waals surface area contributed by atoms with Crippen molar-refractivity contribution in [2.45, 2.75) is 54.5 Å². The lowest BCUT2D eigenvalue weighted by Gasteiger charge is -2.11. The van der Waals surface area contributed by atoms with Crippen LogP contribution in [-0.2, 0) is 23.8 Å². The summed E-state index contributed by atoms with van der Waals surface area (Å²) in [5.41, 5.74) is 0. The molecule has 0 heterocycles. The molecule has 0 rings (SSSR count). The summed E-state index contributed by atoms with van der Waals surface area (Å²) in [7, 11) is 1.26. The Labute approximate surface area is 104 Å². The summed E-state index contributed by atoms with van der Waals surface area (Å²) in [5, 5.41) is 0. The van der Waals surface area contributed by atoms with Crippen molar-refractivity contribution >= 4 is 25.2 Å². The summed E-state index contributed by atoms with van der Waals surface area (Å²) in [6.07, 6.45) is -0.864. The Morgan fingerprint density at radius 3 is 2.12 bits per heavy atom. The van der Waals surface area contributed by atoms with Crippen LogP contribution < -0.4 is 0 Å². The van der Waals surface area contributed by atoms with Crippen LogP contribution >= 0.6 is 0 Å². The summed E-state index contributed by atoms with van der Waals surface area (Å²) < 4.78 is 9.36. The second-order valence-corrected chi connectivity index (χ2v) is 3.11. The first-order valence-corrected chi connectivity index (χ1v) is 4.62. The zero-order valence-electron chi connectivity index (χ0n) is 9.11. The number of carbonyl (C=O) groups excluding carboxylic acids is 3. The molecule has 5 nitrogen and oxygen atoms in total. The molecule has 1 radical (unpaired) electrons. The largest absolute Gasteiger partial charge is 0.539 e. The lowest BCUT2D eigenvalue weighted by Crippen LogP contribution is -2.21. The topological polar surface area (TPSA) is 69.7 Å². The molecule has 99 valence electrons. The van der Waals surface area contributed by atoms with Crippen LogP contribution in [0.25, 0.3) is 0 Å². The maximum Gasteiger partial charge on any atom is 0.370 e. The third-order valence-electron chi connectivity index (χ3n) is 1.43. The molecule has 0 saturated carbocycles. The van der Waals surface area contributed by atoms with E-state index < -0.39 is 18.0 Å². The van der Waals surface area contributed by atoms with Crippen molar-refractivity contribution in [3.63, 3.8) is 0 Å². The molecule has 0 aromatic rings. The normalized spacial score (nSPS) is 10.1. The van der Waals surface area contributed by atoms with Gasteiger partial charge >= 0.3 is 13.5 Å². The van der Waals surface area contributed by atoms with E-state index in [1.54, 1.807) is 13.7 Å². The van der Waals surface area contributed by atoms with Crippen molar-refractivity contribution in [3.05, 3.63) is 0 Å². The molecule has 0 aliphatic rings. The molecular weight excluding hydrogens is 223 g/mol. The molecule has 0 amide bonds. The Kier molecular flexibility index (Phi) is 13.8. The highest BCUT2D eigenvalue weighted by molar-refractivity contribution is 6.28. The number of rotatable bonds is 6. The Morgan fingerprint density at radius 2 is 1.71 bits per heavy atom. The van der Waals surface area contributed by atoms with E-state index in [-0.39, 0.29) is 33.5 Å². The van der Waals surface area contributed by atoms with Gasteiger partial charge in [-0.1, -0.05) is 21.7 Å². The predicted molar refractivity (Wildman–Crippen MR) is 66.6 cm³/mol. The van der Waals surface area contributed by atoms with Crippen LogP contribution in [0.4, 0.5) is 0 Å². The zero-order chi connectivity index (χ0) is 11.8. The molecule has 0 aromatic carbocycles. The summed E-state index contributed by atoms with van der Waals surface area (Å²) >= 11 is 0. The molecule has 1 unspecified atom stereocenters. The van der Waals surface area contributed by atoms with Crippen LogP contribution in [0.1, 0.15) is 41.5 Å². The fourth-order valence-electron chi connectivity index (χ4n) is 0.925. The average Bonchev–Trinajstić information content (AvgIpc) is 2.00. The standard InChI is InChI=1S/C9H14BO5.2CH4/c1-6(11)4-8(12)14-7(2)5-9(13)15-10-3;;/h7H,4-5H2,1-3H3;2*1H4. The van der Waals surface area contributed by atoms with Crippen molar-refractivity contribution in [2.24, 2.45) is 0 Å². The monoisotopic (exact) mass is 245 g/mol. The predicted octanol–water partition coefficient (Wildman–Crippen LogP) is 1.77. The van der Waals surface area contributed by atoms with Gasteiger partial charge in [0.2, 0.25) is 0 Å². The minimum absolute atomic E-state index is 0.